The Labute approximate surface area is 139 Å². The third-order valence-corrected chi connectivity index (χ3v) is 4.37. The monoisotopic (exact) mass is 341 g/mol. The van der Waals surface area contributed by atoms with Crippen LogP contribution in [0.5, 0.6) is 0 Å². The highest BCUT2D eigenvalue weighted by Crippen LogP contribution is 2.24. The summed E-state index contributed by atoms with van der Waals surface area (Å²) in [5.74, 6) is -1.04. The number of carbonyl (C=O) groups is 2. The maximum absolute atomic E-state index is 12.0. The zero-order chi connectivity index (χ0) is 17.3. The zero-order valence-corrected chi connectivity index (χ0v) is 14.7. The van der Waals surface area contributed by atoms with Gasteiger partial charge < -0.3 is 15.2 Å². The van der Waals surface area contributed by atoms with Crippen molar-refractivity contribution in [2.75, 3.05) is 13.1 Å². The largest absolute Gasteiger partial charge is 0.479 e. The number of amides is 1. The molecule has 128 valence electrons. The molecule has 0 bridgehead atoms. The number of likely N-dealkylation sites (tertiary alicyclic amines) is 1. The van der Waals surface area contributed by atoms with Gasteiger partial charge in [0.05, 0.1) is 10.7 Å². The molecule has 0 spiro atoms. The van der Waals surface area contributed by atoms with Gasteiger partial charge in [-0.1, -0.05) is 0 Å². The summed E-state index contributed by atoms with van der Waals surface area (Å²) in [6.45, 7) is 8.55. The molecule has 1 aromatic rings. The Hall–Kier alpha value is -1.67. The Morgan fingerprint density at radius 2 is 2.22 bits per heavy atom. The second kappa shape index (κ2) is 6.45. The minimum Gasteiger partial charge on any atom is -0.479 e. The van der Waals surface area contributed by atoms with Crippen LogP contribution in [0.4, 0.5) is 4.79 Å². The molecule has 0 saturated carbocycles. The van der Waals surface area contributed by atoms with Gasteiger partial charge >= 0.3 is 12.1 Å². The second-order valence-corrected chi connectivity index (χ2v) is 7.89. The van der Waals surface area contributed by atoms with Gasteiger partial charge in [0.15, 0.2) is 5.54 Å². The first-order valence-electron chi connectivity index (χ1n) is 7.48. The molecule has 1 amide bonds. The topological polar surface area (TPSA) is 91.8 Å². The zero-order valence-electron chi connectivity index (χ0n) is 13.9. The van der Waals surface area contributed by atoms with Crippen molar-refractivity contribution < 1.29 is 19.4 Å². The number of aliphatic carboxylic acids is 1. The van der Waals surface area contributed by atoms with Crippen LogP contribution in [-0.2, 0) is 16.1 Å². The maximum Gasteiger partial charge on any atom is 0.408 e. The molecule has 1 aromatic heterocycles. The molecule has 1 aliphatic rings. The molecular formula is C15H23N3O4S. The van der Waals surface area contributed by atoms with E-state index in [1.807, 2.05) is 17.2 Å². The van der Waals surface area contributed by atoms with Crippen LogP contribution in [0.3, 0.4) is 0 Å². The summed E-state index contributed by atoms with van der Waals surface area (Å²) >= 11 is 1.57. The van der Waals surface area contributed by atoms with Crippen molar-refractivity contribution in [1.82, 2.24) is 15.2 Å². The van der Waals surface area contributed by atoms with E-state index in [1.165, 1.54) is 0 Å². The lowest BCUT2D eigenvalue weighted by Crippen LogP contribution is -2.57. The third-order valence-electron chi connectivity index (χ3n) is 3.55. The van der Waals surface area contributed by atoms with Crippen molar-refractivity contribution in [3.05, 3.63) is 16.1 Å². The van der Waals surface area contributed by atoms with E-state index in [2.05, 4.69) is 10.3 Å². The van der Waals surface area contributed by atoms with Crippen LogP contribution in [0.1, 0.15) is 37.9 Å². The van der Waals surface area contributed by atoms with Crippen molar-refractivity contribution in [1.29, 1.82) is 0 Å². The normalized spacial score (nSPS) is 22.1. The van der Waals surface area contributed by atoms with Crippen LogP contribution in [0, 0.1) is 6.92 Å². The summed E-state index contributed by atoms with van der Waals surface area (Å²) in [6.07, 6.45) is -0.365. The number of alkyl carbamates (subject to hydrolysis) is 1. The second-order valence-electron chi connectivity index (χ2n) is 6.83. The minimum absolute atomic E-state index is 0.234. The number of ether oxygens (including phenoxy) is 1. The standard InChI is InChI=1S/C15H23N3O4S/c1-10-16-11(8-23-10)7-18-6-5-15(9-18,12(19)20)17-13(21)22-14(2,3)4/h8H,5-7,9H2,1-4H3,(H,17,21)(H,19,20). The van der Waals surface area contributed by atoms with E-state index in [9.17, 15) is 14.7 Å². The summed E-state index contributed by atoms with van der Waals surface area (Å²) in [4.78, 5) is 30.1. The Morgan fingerprint density at radius 3 is 2.74 bits per heavy atom. The van der Waals surface area contributed by atoms with Crippen molar-refractivity contribution in [3.8, 4) is 0 Å². The van der Waals surface area contributed by atoms with E-state index >= 15 is 0 Å². The van der Waals surface area contributed by atoms with Crippen LogP contribution >= 0.6 is 11.3 Å². The van der Waals surface area contributed by atoms with Gasteiger partial charge in [0, 0.05) is 25.0 Å². The van der Waals surface area contributed by atoms with Crippen LogP contribution in [0.25, 0.3) is 0 Å². The average Bonchev–Trinajstić information content (AvgIpc) is 2.95. The molecule has 0 aromatic carbocycles. The van der Waals surface area contributed by atoms with Crippen LogP contribution in [0.15, 0.2) is 5.38 Å². The molecule has 0 aliphatic carbocycles. The van der Waals surface area contributed by atoms with E-state index in [0.717, 1.165) is 10.7 Å². The molecule has 1 atom stereocenters. The summed E-state index contributed by atoms with van der Waals surface area (Å²) in [6, 6.07) is 0. The lowest BCUT2D eigenvalue weighted by Gasteiger charge is -2.28. The number of carboxylic acids is 1. The molecule has 8 heteroatoms. The Morgan fingerprint density at radius 1 is 1.52 bits per heavy atom. The van der Waals surface area contributed by atoms with E-state index in [1.54, 1.807) is 32.1 Å². The first-order chi connectivity index (χ1) is 10.6. The highest BCUT2D eigenvalue weighted by Gasteiger charge is 2.47. The molecule has 2 N–H and O–H groups in total. The fourth-order valence-corrected chi connectivity index (χ4v) is 3.17. The first-order valence-corrected chi connectivity index (χ1v) is 8.35. The minimum atomic E-state index is -1.31. The molecule has 0 radical (unpaired) electrons. The van der Waals surface area contributed by atoms with E-state index in [4.69, 9.17) is 4.74 Å². The van der Waals surface area contributed by atoms with Crippen molar-refractivity contribution >= 4 is 23.4 Å². The maximum atomic E-state index is 12.0. The molecule has 1 saturated heterocycles. The Kier molecular flexibility index (Phi) is 4.95. The Balaban J connectivity index is 2.02. The quantitative estimate of drug-likeness (QED) is 0.870. The smallest absolute Gasteiger partial charge is 0.408 e. The lowest BCUT2D eigenvalue weighted by molar-refractivity contribution is -0.144. The van der Waals surface area contributed by atoms with Gasteiger partial charge in [0.1, 0.15) is 5.60 Å². The lowest BCUT2D eigenvalue weighted by atomic mass is 9.99. The van der Waals surface area contributed by atoms with Gasteiger partial charge in [-0.25, -0.2) is 14.6 Å². The number of carboxylic acid groups (broad SMARTS) is 1. The van der Waals surface area contributed by atoms with E-state index in [-0.39, 0.29) is 6.54 Å². The van der Waals surface area contributed by atoms with Crippen LogP contribution in [-0.4, -0.2) is 51.3 Å². The van der Waals surface area contributed by atoms with Crippen molar-refractivity contribution in [2.24, 2.45) is 0 Å². The highest BCUT2D eigenvalue weighted by molar-refractivity contribution is 7.09. The molecule has 2 rings (SSSR count). The number of rotatable bonds is 4. The number of thiazole rings is 1. The van der Waals surface area contributed by atoms with E-state index < -0.39 is 23.2 Å². The number of hydrogen-bond donors (Lipinski definition) is 2. The van der Waals surface area contributed by atoms with Crippen LogP contribution < -0.4 is 5.32 Å². The molecule has 1 unspecified atom stereocenters. The summed E-state index contributed by atoms with van der Waals surface area (Å²) < 4.78 is 5.19. The molecular weight excluding hydrogens is 318 g/mol. The van der Waals surface area contributed by atoms with Crippen molar-refractivity contribution in [2.45, 2.75) is 51.8 Å². The Bertz CT molecular complexity index is 596. The molecule has 1 fully saturated rings. The predicted octanol–water partition coefficient (Wildman–Crippen LogP) is 2.01. The fourth-order valence-electron chi connectivity index (χ4n) is 2.56. The summed E-state index contributed by atoms with van der Waals surface area (Å²) in [5, 5.41) is 15.1. The van der Waals surface area contributed by atoms with Gasteiger partial charge in [0.25, 0.3) is 0 Å². The number of carbonyl (C=O) groups excluding carboxylic acids is 1. The van der Waals surface area contributed by atoms with Gasteiger partial charge in [0.2, 0.25) is 0 Å². The SMILES string of the molecule is Cc1nc(CN2CCC(NC(=O)OC(C)(C)C)(C(=O)O)C2)cs1. The molecule has 7 nitrogen and oxygen atoms in total. The number of nitrogens with one attached hydrogen (secondary N) is 1. The average molecular weight is 341 g/mol. The summed E-state index contributed by atoms with van der Waals surface area (Å²) in [5.41, 5.74) is -1.06. The molecule has 2 heterocycles. The highest BCUT2D eigenvalue weighted by atomic mass is 32.1. The predicted molar refractivity (Wildman–Crippen MR) is 86.5 cm³/mol. The molecule has 1 aliphatic heterocycles. The van der Waals surface area contributed by atoms with Crippen molar-refractivity contribution in [3.63, 3.8) is 0 Å². The number of hydrogen-bond acceptors (Lipinski definition) is 6. The van der Waals surface area contributed by atoms with Gasteiger partial charge in [-0.15, -0.1) is 11.3 Å². The van der Waals surface area contributed by atoms with Gasteiger partial charge in [-0.05, 0) is 34.1 Å². The first kappa shape index (κ1) is 17.7. The molecule has 23 heavy (non-hydrogen) atoms. The van der Waals surface area contributed by atoms with Gasteiger partial charge in [-0.3, -0.25) is 4.90 Å². The fraction of sp³-hybridized carbons (Fsp3) is 0.667. The number of nitrogens with zero attached hydrogens (tertiary/aromatic N) is 2. The van der Waals surface area contributed by atoms with Crippen LogP contribution in [0.2, 0.25) is 0 Å². The number of aryl methyl sites for hydroxylation is 1. The number of aromatic nitrogens is 1. The van der Waals surface area contributed by atoms with E-state index in [0.29, 0.717) is 19.5 Å². The third kappa shape index (κ3) is 4.65. The summed E-state index contributed by atoms with van der Waals surface area (Å²) in [7, 11) is 0. The van der Waals surface area contributed by atoms with Gasteiger partial charge in [-0.2, -0.15) is 0 Å².